The molecule has 0 saturated carbocycles. The van der Waals surface area contributed by atoms with E-state index in [1.165, 1.54) is 25.7 Å². The topological polar surface area (TPSA) is 0 Å². The van der Waals surface area contributed by atoms with Gasteiger partial charge in [-0.1, -0.05) is 48.0 Å². The van der Waals surface area contributed by atoms with Gasteiger partial charge in [-0.2, -0.15) is 0 Å². The first-order valence-corrected chi connectivity index (χ1v) is 7.41. The van der Waals surface area contributed by atoms with Crippen LogP contribution in [-0.2, 0) is 0 Å². The summed E-state index contributed by atoms with van der Waals surface area (Å²) in [5, 5.41) is 0.377. The summed E-state index contributed by atoms with van der Waals surface area (Å²) in [6.45, 7) is 14.0. The van der Waals surface area contributed by atoms with E-state index in [1.807, 2.05) is 0 Å². The minimum absolute atomic E-state index is 0.377. The maximum absolute atomic E-state index is 6.24. The molecule has 0 aliphatic carbocycles. The van der Waals surface area contributed by atoms with E-state index >= 15 is 0 Å². The first kappa shape index (κ1) is 16.3. The molecular formula is C15H31Cl. The van der Waals surface area contributed by atoms with Gasteiger partial charge >= 0.3 is 0 Å². The first-order valence-electron chi connectivity index (χ1n) is 6.97. The molecule has 16 heavy (non-hydrogen) atoms. The van der Waals surface area contributed by atoms with Gasteiger partial charge in [-0.3, -0.25) is 0 Å². The summed E-state index contributed by atoms with van der Waals surface area (Å²) in [6, 6.07) is 0. The zero-order valence-corrected chi connectivity index (χ0v) is 12.9. The van der Waals surface area contributed by atoms with Gasteiger partial charge in [0.05, 0.1) is 0 Å². The first-order chi connectivity index (χ1) is 7.33. The molecule has 0 aromatic heterocycles. The Bertz CT molecular complexity index is 172. The lowest BCUT2D eigenvalue weighted by atomic mass is 9.71. The van der Waals surface area contributed by atoms with Crippen LogP contribution >= 0.6 is 11.6 Å². The van der Waals surface area contributed by atoms with Crippen molar-refractivity contribution in [2.75, 3.05) is 0 Å². The molecule has 0 aliphatic heterocycles. The van der Waals surface area contributed by atoms with Crippen LogP contribution in [0.15, 0.2) is 0 Å². The molecule has 0 aromatic rings. The lowest BCUT2D eigenvalue weighted by Gasteiger charge is -2.35. The van der Waals surface area contributed by atoms with Crippen molar-refractivity contribution in [2.24, 2.45) is 17.3 Å². The fourth-order valence-electron chi connectivity index (χ4n) is 2.27. The lowest BCUT2D eigenvalue weighted by molar-refractivity contribution is 0.159. The Balaban J connectivity index is 4.32. The molecule has 0 heterocycles. The van der Waals surface area contributed by atoms with Crippen molar-refractivity contribution in [1.29, 1.82) is 0 Å². The average molecular weight is 247 g/mol. The predicted octanol–water partition coefficient (Wildman–Crippen LogP) is 5.88. The van der Waals surface area contributed by atoms with E-state index in [9.17, 15) is 0 Å². The molecule has 0 rings (SSSR count). The third kappa shape index (κ3) is 6.13. The summed E-state index contributed by atoms with van der Waals surface area (Å²) in [6.07, 6.45) is 6.18. The SMILES string of the molecule is CCC(Cl)CCC(CC(C)C)C(C)(C)CC. The molecule has 0 aliphatic rings. The predicted molar refractivity (Wildman–Crippen MR) is 76.2 cm³/mol. The van der Waals surface area contributed by atoms with Gasteiger partial charge in [0.2, 0.25) is 0 Å². The fraction of sp³-hybridized carbons (Fsp3) is 1.00. The summed E-state index contributed by atoms with van der Waals surface area (Å²) in [4.78, 5) is 0. The normalized spacial score (nSPS) is 16.5. The van der Waals surface area contributed by atoms with Gasteiger partial charge < -0.3 is 0 Å². The van der Waals surface area contributed by atoms with Crippen LogP contribution in [-0.4, -0.2) is 5.38 Å². The van der Waals surface area contributed by atoms with E-state index in [2.05, 4.69) is 41.5 Å². The average Bonchev–Trinajstić information content (AvgIpc) is 2.22. The van der Waals surface area contributed by atoms with Crippen molar-refractivity contribution >= 4 is 11.6 Å². The van der Waals surface area contributed by atoms with Gasteiger partial charge in [0.15, 0.2) is 0 Å². The molecule has 0 aromatic carbocycles. The minimum Gasteiger partial charge on any atom is -0.123 e. The summed E-state index contributed by atoms with van der Waals surface area (Å²) < 4.78 is 0. The van der Waals surface area contributed by atoms with Crippen molar-refractivity contribution in [3.63, 3.8) is 0 Å². The van der Waals surface area contributed by atoms with Gasteiger partial charge in [0.25, 0.3) is 0 Å². The summed E-state index contributed by atoms with van der Waals surface area (Å²) >= 11 is 6.24. The monoisotopic (exact) mass is 246 g/mol. The Morgan fingerprint density at radius 3 is 2.00 bits per heavy atom. The standard InChI is InChI=1S/C15H31Cl/c1-7-14(16)10-9-13(11-12(3)4)15(5,6)8-2/h12-14H,7-11H2,1-6H3. The minimum atomic E-state index is 0.377. The van der Waals surface area contributed by atoms with Crippen molar-refractivity contribution < 1.29 is 0 Å². The van der Waals surface area contributed by atoms with Crippen LogP contribution in [0.3, 0.4) is 0 Å². The summed E-state index contributed by atoms with van der Waals surface area (Å²) in [5.41, 5.74) is 0.467. The van der Waals surface area contributed by atoms with E-state index in [4.69, 9.17) is 11.6 Å². The summed E-state index contributed by atoms with van der Waals surface area (Å²) in [7, 11) is 0. The van der Waals surface area contributed by atoms with E-state index in [1.54, 1.807) is 0 Å². The largest absolute Gasteiger partial charge is 0.123 e. The summed E-state index contributed by atoms with van der Waals surface area (Å²) in [5.74, 6) is 1.62. The highest BCUT2D eigenvalue weighted by Crippen LogP contribution is 2.38. The third-order valence-corrected chi connectivity index (χ3v) is 4.57. The van der Waals surface area contributed by atoms with Crippen LogP contribution in [0.1, 0.15) is 73.6 Å². The van der Waals surface area contributed by atoms with E-state index < -0.39 is 0 Å². The lowest BCUT2D eigenvalue weighted by Crippen LogP contribution is -2.25. The van der Waals surface area contributed by atoms with Gasteiger partial charge in [0, 0.05) is 5.38 Å². The third-order valence-electron chi connectivity index (χ3n) is 4.04. The number of hydrogen-bond donors (Lipinski definition) is 0. The number of rotatable bonds is 8. The second-order valence-corrected chi connectivity index (χ2v) is 6.87. The van der Waals surface area contributed by atoms with Crippen LogP contribution in [0.5, 0.6) is 0 Å². The highest BCUT2D eigenvalue weighted by Gasteiger charge is 2.28. The highest BCUT2D eigenvalue weighted by atomic mass is 35.5. The fourth-order valence-corrected chi connectivity index (χ4v) is 2.40. The molecule has 0 radical (unpaired) electrons. The molecule has 0 fully saturated rings. The zero-order chi connectivity index (χ0) is 12.8. The van der Waals surface area contributed by atoms with E-state index in [0.717, 1.165) is 18.3 Å². The van der Waals surface area contributed by atoms with Gasteiger partial charge in [-0.05, 0) is 42.9 Å². The molecule has 0 saturated heterocycles. The molecular weight excluding hydrogens is 216 g/mol. The Hall–Kier alpha value is 0.290. The number of hydrogen-bond acceptors (Lipinski definition) is 0. The molecule has 1 heteroatoms. The quantitative estimate of drug-likeness (QED) is 0.469. The molecule has 0 nitrogen and oxygen atoms in total. The molecule has 0 amide bonds. The van der Waals surface area contributed by atoms with E-state index in [0.29, 0.717) is 10.8 Å². The number of alkyl halides is 1. The van der Waals surface area contributed by atoms with Crippen LogP contribution in [0, 0.1) is 17.3 Å². The van der Waals surface area contributed by atoms with Gasteiger partial charge in [-0.25, -0.2) is 0 Å². The maximum Gasteiger partial charge on any atom is 0.0333 e. The molecule has 98 valence electrons. The molecule has 0 spiro atoms. The Kier molecular flexibility index (Phi) is 7.72. The molecule has 0 bridgehead atoms. The second kappa shape index (κ2) is 7.58. The second-order valence-electron chi connectivity index (χ2n) is 6.25. The zero-order valence-electron chi connectivity index (χ0n) is 12.1. The van der Waals surface area contributed by atoms with Crippen molar-refractivity contribution in [1.82, 2.24) is 0 Å². The van der Waals surface area contributed by atoms with Gasteiger partial charge in [0.1, 0.15) is 0 Å². The van der Waals surface area contributed by atoms with Crippen LogP contribution in [0.2, 0.25) is 0 Å². The maximum atomic E-state index is 6.24. The highest BCUT2D eigenvalue weighted by molar-refractivity contribution is 6.20. The Labute approximate surface area is 108 Å². The van der Waals surface area contributed by atoms with Crippen LogP contribution in [0.4, 0.5) is 0 Å². The van der Waals surface area contributed by atoms with E-state index in [-0.39, 0.29) is 0 Å². The molecule has 0 N–H and O–H groups in total. The van der Waals surface area contributed by atoms with Crippen LogP contribution in [0.25, 0.3) is 0 Å². The van der Waals surface area contributed by atoms with Crippen molar-refractivity contribution in [3.05, 3.63) is 0 Å². The Morgan fingerprint density at radius 2 is 1.62 bits per heavy atom. The Morgan fingerprint density at radius 1 is 1.06 bits per heavy atom. The van der Waals surface area contributed by atoms with Gasteiger partial charge in [-0.15, -0.1) is 11.6 Å². The van der Waals surface area contributed by atoms with Crippen molar-refractivity contribution in [2.45, 2.75) is 79.0 Å². The number of halogens is 1. The molecule has 2 unspecified atom stereocenters. The van der Waals surface area contributed by atoms with Crippen LogP contribution < -0.4 is 0 Å². The molecule has 2 atom stereocenters. The van der Waals surface area contributed by atoms with Crippen molar-refractivity contribution in [3.8, 4) is 0 Å². The smallest absolute Gasteiger partial charge is 0.0333 e.